The Morgan fingerprint density at radius 3 is 2.73 bits per heavy atom. The van der Waals surface area contributed by atoms with E-state index >= 15 is 0 Å². The highest BCUT2D eigenvalue weighted by Gasteiger charge is 2.26. The number of aliphatic hydroxyl groups excluding tert-OH is 1. The maximum absolute atomic E-state index is 10.2. The van der Waals surface area contributed by atoms with E-state index in [1.807, 2.05) is 12.1 Å². The van der Waals surface area contributed by atoms with Crippen LogP contribution in [0.15, 0.2) is 29.4 Å². The van der Waals surface area contributed by atoms with Crippen molar-refractivity contribution < 1.29 is 5.11 Å². The summed E-state index contributed by atoms with van der Waals surface area (Å²) in [5, 5.41) is 20.2. The van der Waals surface area contributed by atoms with E-state index < -0.39 is 0 Å². The minimum absolute atomic E-state index is 0.220. The van der Waals surface area contributed by atoms with Crippen LogP contribution in [0.5, 0.6) is 0 Å². The predicted molar refractivity (Wildman–Crippen MR) is 90.0 cm³/mol. The molecule has 2 aromatic rings. The van der Waals surface area contributed by atoms with Gasteiger partial charge in [0.25, 0.3) is 0 Å². The van der Waals surface area contributed by atoms with Gasteiger partial charge in [0.2, 0.25) is 0 Å². The minimum atomic E-state index is -0.220. The molecule has 1 aliphatic carbocycles. The highest BCUT2D eigenvalue weighted by atomic mass is 32.2. The largest absolute Gasteiger partial charge is 0.392 e. The van der Waals surface area contributed by atoms with E-state index in [1.54, 1.807) is 11.8 Å². The summed E-state index contributed by atoms with van der Waals surface area (Å²) in [6.07, 6.45) is 4.07. The van der Waals surface area contributed by atoms with E-state index in [0.29, 0.717) is 0 Å². The van der Waals surface area contributed by atoms with Crippen LogP contribution in [0.25, 0.3) is 11.4 Å². The van der Waals surface area contributed by atoms with Gasteiger partial charge in [-0.1, -0.05) is 48.9 Å². The van der Waals surface area contributed by atoms with Gasteiger partial charge in [0, 0.05) is 17.4 Å². The van der Waals surface area contributed by atoms with Crippen LogP contribution < -0.4 is 0 Å². The zero-order valence-corrected chi connectivity index (χ0v) is 14.0. The van der Waals surface area contributed by atoms with Crippen molar-refractivity contribution in [3.05, 3.63) is 29.8 Å². The lowest BCUT2D eigenvalue weighted by Gasteiger charge is -2.26. The van der Waals surface area contributed by atoms with Gasteiger partial charge in [-0.3, -0.25) is 0 Å². The van der Waals surface area contributed by atoms with E-state index in [4.69, 9.17) is 0 Å². The maximum Gasteiger partial charge on any atom is 0.191 e. The first-order chi connectivity index (χ1) is 10.7. The molecular weight excluding hydrogens is 294 g/mol. The van der Waals surface area contributed by atoms with Crippen LogP contribution in [0.1, 0.15) is 38.2 Å². The van der Waals surface area contributed by atoms with E-state index in [9.17, 15) is 5.11 Å². The molecule has 1 aromatic heterocycles. The summed E-state index contributed by atoms with van der Waals surface area (Å²) in [5.74, 6) is 0.924. The molecule has 3 rings (SSSR count). The molecule has 2 atom stereocenters. The number of nitrogens with zero attached hydrogens (tertiary/aromatic N) is 3. The molecule has 1 saturated carbocycles. The smallest absolute Gasteiger partial charge is 0.191 e. The van der Waals surface area contributed by atoms with Gasteiger partial charge in [-0.25, -0.2) is 0 Å². The molecule has 4 nitrogen and oxygen atoms in total. The molecule has 0 spiro atoms. The fourth-order valence-electron chi connectivity index (χ4n) is 3.03. The summed E-state index contributed by atoms with van der Waals surface area (Å²) in [6, 6.07) is 8.27. The van der Waals surface area contributed by atoms with Gasteiger partial charge >= 0.3 is 0 Å². The van der Waals surface area contributed by atoms with E-state index in [2.05, 4.69) is 40.7 Å². The fraction of sp³-hybridized carbons (Fsp3) is 0.529. The fourth-order valence-corrected chi connectivity index (χ4v) is 4.31. The second-order valence-electron chi connectivity index (χ2n) is 5.87. The topological polar surface area (TPSA) is 50.9 Å². The minimum Gasteiger partial charge on any atom is -0.392 e. The maximum atomic E-state index is 10.2. The van der Waals surface area contributed by atoms with Crippen LogP contribution in [0.2, 0.25) is 0 Å². The molecule has 1 heterocycles. The third kappa shape index (κ3) is 3.06. The monoisotopic (exact) mass is 317 g/mol. The lowest BCUT2D eigenvalue weighted by Crippen LogP contribution is -2.27. The number of aromatic nitrogens is 3. The summed E-state index contributed by atoms with van der Waals surface area (Å²) in [5.41, 5.74) is 2.34. The van der Waals surface area contributed by atoms with Gasteiger partial charge in [0.05, 0.1) is 6.10 Å². The zero-order valence-electron chi connectivity index (χ0n) is 13.2. The normalized spacial score (nSPS) is 22.0. The van der Waals surface area contributed by atoms with E-state index in [1.165, 1.54) is 12.0 Å². The van der Waals surface area contributed by atoms with Crippen LogP contribution in [-0.4, -0.2) is 31.2 Å². The van der Waals surface area contributed by atoms with Gasteiger partial charge < -0.3 is 9.67 Å². The Balaban J connectivity index is 1.89. The van der Waals surface area contributed by atoms with Gasteiger partial charge in [-0.05, 0) is 32.3 Å². The Bertz CT molecular complexity index is 641. The Morgan fingerprint density at radius 2 is 2.00 bits per heavy atom. The average Bonchev–Trinajstić information content (AvgIpc) is 2.92. The van der Waals surface area contributed by atoms with Crippen molar-refractivity contribution in [1.82, 2.24) is 14.8 Å². The number of benzene rings is 1. The lowest BCUT2D eigenvalue weighted by molar-refractivity contribution is 0.137. The highest BCUT2D eigenvalue weighted by Crippen LogP contribution is 2.34. The van der Waals surface area contributed by atoms with Gasteiger partial charge in [0.15, 0.2) is 11.0 Å². The van der Waals surface area contributed by atoms with Crippen LogP contribution in [0.4, 0.5) is 0 Å². The quantitative estimate of drug-likeness (QED) is 0.935. The van der Waals surface area contributed by atoms with Gasteiger partial charge in [-0.15, -0.1) is 10.2 Å². The summed E-state index contributed by atoms with van der Waals surface area (Å²) >= 11 is 1.68. The molecule has 0 amide bonds. The third-order valence-corrected chi connectivity index (χ3v) is 5.71. The number of aliphatic hydroxyl groups is 1. The molecule has 22 heavy (non-hydrogen) atoms. The number of rotatable bonds is 4. The molecule has 0 aliphatic heterocycles. The van der Waals surface area contributed by atoms with Crippen molar-refractivity contribution in [2.24, 2.45) is 0 Å². The first-order valence-corrected chi connectivity index (χ1v) is 8.92. The van der Waals surface area contributed by atoms with Gasteiger partial charge in [-0.2, -0.15) is 0 Å². The summed E-state index contributed by atoms with van der Waals surface area (Å²) in [7, 11) is 0. The zero-order chi connectivity index (χ0) is 15.5. The molecule has 1 aromatic carbocycles. The van der Waals surface area contributed by atoms with Crippen LogP contribution in [-0.2, 0) is 6.54 Å². The van der Waals surface area contributed by atoms with Crippen molar-refractivity contribution in [3.63, 3.8) is 0 Å². The number of aryl methyl sites for hydroxylation is 1. The first kappa shape index (κ1) is 15.6. The van der Waals surface area contributed by atoms with E-state index in [0.717, 1.165) is 42.4 Å². The molecular formula is C17H23N3OS. The summed E-state index contributed by atoms with van der Waals surface area (Å²) in [4.78, 5) is 0. The van der Waals surface area contributed by atoms with Crippen molar-refractivity contribution in [2.75, 3.05) is 0 Å². The Hall–Kier alpha value is -1.33. The number of hydrogen-bond donors (Lipinski definition) is 1. The predicted octanol–water partition coefficient (Wildman–Crippen LogP) is 3.67. The molecule has 0 radical (unpaired) electrons. The summed E-state index contributed by atoms with van der Waals surface area (Å²) in [6.45, 7) is 5.05. The summed E-state index contributed by atoms with van der Waals surface area (Å²) < 4.78 is 2.16. The second kappa shape index (κ2) is 6.84. The SMILES string of the molecule is CCn1c(SC2CCCCC2O)nnc1-c1ccccc1C. The van der Waals surface area contributed by atoms with Crippen molar-refractivity contribution in [2.45, 2.75) is 62.6 Å². The third-order valence-electron chi connectivity index (χ3n) is 4.34. The Kier molecular flexibility index (Phi) is 4.84. The van der Waals surface area contributed by atoms with Gasteiger partial charge in [0.1, 0.15) is 0 Å². The molecule has 5 heteroatoms. The van der Waals surface area contributed by atoms with Crippen molar-refractivity contribution in [3.8, 4) is 11.4 Å². The number of hydrogen-bond acceptors (Lipinski definition) is 4. The molecule has 118 valence electrons. The van der Waals surface area contributed by atoms with E-state index in [-0.39, 0.29) is 11.4 Å². The molecule has 0 saturated heterocycles. The Morgan fingerprint density at radius 1 is 1.23 bits per heavy atom. The molecule has 0 bridgehead atoms. The standard InChI is InChI=1S/C17H23N3OS/c1-3-20-16(13-9-5-4-8-12(13)2)18-19-17(20)22-15-11-7-6-10-14(15)21/h4-5,8-9,14-15,21H,3,6-7,10-11H2,1-2H3. The Labute approximate surface area is 136 Å². The molecule has 2 unspecified atom stereocenters. The first-order valence-electron chi connectivity index (χ1n) is 8.04. The van der Waals surface area contributed by atoms with Crippen LogP contribution in [0.3, 0.4) is 0 Å². The number of thioether (sulfide) groups is 1. The lowest BCUT2D eigenvalue weighted by atomic mass is 9.97. The van der Waals surface area contributed by atoms with Crippen LogP contribution in [0, 0.1) is 6.92 Å². The van der Waals surface area contributed by atoms with Crippen molar-refractivity contribution in [1.29, 1.82) is 0 Å². The van der Waals surface area contributed by atoms with Crippen LogP contribution >= 0.6 is 11.8 Å². The molecule has 1 N–H and O–H groups in total. The second-order valence-corrected chi connectivity index (χ2v) is 7.08. The average molecular weight is 317 g/mol. The highest BCUT2D eigenvalue weighted by molar-refractivity contribution is 7.99. The molecule has 1 fully saturated rings. The van der Waals surface area contributed by atoms with Crippen molar-refractivity contribution >= 4 is 11.8 Å². The molecule has 1 aliphatic rings.